The van der Waals surface area contributed by atoms with Crippen molar-refractivity contribution in [3.63, 3.8) is 0 Å². The number of hydrogen-bond donors (Lipinski definition) is 1. The molecular formula is C17H26O2. The summed E-state index contributed by atoms with van der Waals surface area (Å²) in [5.41, 5.74) is -0.0978. The number of ether oxygens (including phenoxy) is 1. The van der Waals surface area contributed by atoms with E-state index in [1.807, 2.05) is 0 Å². The number of fused-ring (bicyclic) bond motifs is 2. The van der Waals surface area contributed by atoms with Crippen LogP contribution in [0, 0.1) is 23.2 Å². The molecule has 1 N–H and O–H groups in total. The van der Waals surface area contributed by atoms with Gasteiger partial charge in [0.15, 0.2) is 0 Å². The van der Waals surface area contributed by atoms with Crippen molar-refractivity contribution < 1.29 is 9.84 Å². The van der Waals surface area contributed by atoms with E-state index in [1.165, 1.54) is 51.4 Å². The molecule has 4 aliphatic carbocycles. The van der Waals surface area contributed by atoms with Crippen LogP contribution >= 0.6 is 0 Å². The monoisotopic (exact) mass is 262 g/mol. The largest absolute Gasteiger partial charge is 0.389 e. The summed E-state index contributed by atoms with van der Waals surface area (Å²) in [6.45, 7) is 0. The van der Waals surface area contributed by atoms with Gasteiger partial charge in [0.25, 0.3) is 0 Å². The van der Waals surface area contributed by atoms with Crippen molar-refractivity contribution in [2.75, 3.05) is 0 Å². The Morgan fingerprint density at radius 1 is 0.737 bits per heavy atom. The quantitative estimate of drug-likeness (QED) is 0.786. The van der Waals surface area contributed by atoms with Crippen molar-refractivity contribution in [3.8, 4) is 0 Å². The molecular weight excluding hydrogens is 236 g/mol. The highest BCUT2D eigenvalue weighted by atomic mass is 16.5. The van der Waals surface area contributed by atoms with Gasteiger partial charge in [-0.05, 0) is 69.1 Å². The zero-order valence-electron chi connectivity index (χ0n) is 11.8. The third kappa shape index (κ3) is 1.51. The molecule has 0 aromatic rings. The molecule has 2 saturated heterocycles. The van der Waals surface area contributed by atoms with Gasteiger partial charge in [-0.2, -0.15) is 0 Å². The van der Waals surface area contributed by atoms with Crippen LogP contribution in [-0.4, -0.2) is 22.9 Å². The van der Waals surface area contributed by atoms with Crippen LogP contribution in [0.1, 0.15) is 64.2 Å². The van der Waals surface area contributed by atoms with Crippen LogP contribution < -0.4 is 0 Å². The molecule has 0 radical (unpaired) electrons. The second-order valence-electron chi connectivity index (χ2n) is 8.60. The van der Waals surface area contributed by atoms with Crippen molar-refractivity contribution in [3.05, 3.63) is 0 Å². The summed E-state index contributed by atoms with van der Waals surface area (Å²) < 4.78 is 6.00. The normalized spacial score (nSPS) is 62.7. The van der Waals surface area contributed by atoms with Gasteiger partial charge in [0.2, 0.25) is 0 Å². The maximum atomic E-state index is 11.5. The van der Waals surface area contributed by atoms with Crippen molar-refractivity contribution >= 4 is 0 Å². The SMILES string of the molecule is OC1(C23CC4CC(CC(C4)C2)C3)CC2CCC(C1)O2. The molecule has 106 valence electrons. The zero-order valence-corrected chi connectivity index (χ0v) is 11.8. The van der Waals surface area contributed by atoms with E-state index >= 15 is 0 Å². The Kier molecular flexibility index (Phi) is 2.17. The Balaban J connectivity index is 1.51. The second kappa shape index (κ2) is 3.57. The molecule has 0 aromatic heterocycles. The molecule has 6 bridgehead atoms. The highest BCUT2D eigenvalue weighted by Gasteiger charge is 2.62. The summed E-state index contributed by atoms with van der Waals surface area (Å²) >= 11 is 0. The van der Waals surface area contributed by atoms with Crippen molar-refractivity contribution in [2.24, 2.45) is 23.2 Å². The number of hydrogen-bond acceptors (Lipinski definition) is 2. The molecule has 0 spiro atoms. The van der Waals surface area contributed by atoms with E-state index in [2.05, 4.69) is 0 Å². The van der Waals surface area contributed by atoms with E-state index in [1.54, 1.807) is 0 Å². The standard InChI is InChI=1S/C17H26O2/c18-17(9-14-1-2-15(10-17)19-14)16-6-11-3-12(7-16)5-13(4-11)8-16/h11-15,18H,1-10H2. The number of aliphatic hydroxyl groups is 1. The average molecular weight is 262 g/mol. The summed E-state index contributed by atoms with van der Waals surface area (Å²) in [4.78, 5) is 0. The molecule has 6 fully saturated rings. The van der Waals surface area contributed by atoms with Gasteiger partial charge in [-0.1, -0.05) is 0 Å². The fraction of sp³-hybridized carbons (Fsp3) is 1.00. The van der Waals surface area contributed by atoms with Crippen LogP contribution in [0.15, 0.2) is 0 Å². The van der Waals surface area contributed by atoms with Gasteiger partial charge in [-0.3, -0.25) is 0 Å². The van der Waals surface area contributed by atoms with E-state index in [0.29, 0.717) is 12.2 Å². The number of rotatable bonds is 1. The first-order chi connectivity index (χ1) is 9.14. The van der Waals surface area contributed by atoms with E-state index in [0.717, 1.165) is 30.6 Å². The Morgan fingerprint density at radius 3 is 1.68 bits per heavy atom. The van der Waals surface area contributed by atoms with Crippen LogP contribution in [-0.2, 0) is 4.74 Å². The molecule has 0 amide bonds. The summed E-state index contributed by atoms with van der Waals surface area (Å²) in [6, 6.07) is 0. The third-order valence-electron chi connectivity index (χ3n) is 7.35. The minimum atomic E-state index is -0.382. The molecule has 4 saturated carbocycles. The van der Waals surface area contributed by atoms with Crippen molar-refractivity contribution in [1.29, 1.82) is 0 Å². The average Bonchev–Trinajstić information content (AvgIpc) is 2.67. The summed E-state index contributed by atoms with van der Waals surface area (Å²) in [5, 5.41) is 11.5. The first-order valence-electron chi connectivity index (χ1n) is 8.52. The van der Waals surface area contributed by atoms with Crippen LogP contribution in [0.2, 0.25) is 0 Å². The van der Waals surface area contributed by atoms with Crippen molar-refractivity contribution in [2.45, 2.75) is 82.0 Å². The molecule has 6 aliphatic rings. The van der Waals surface area contributed by atoms with Gasteiger partial charge in [-0.15, -0.1) is 0 Å². The first-order valence-corrected chi connectivity index (χ1v) is 8.52. The Bertz CT molecular complexity index is 355. The lowest BCUT2D eigenvalue weighted by molar-refractivity contribution is -0.224. The van der Waals surface area contributed by atoms with Crippen LogP contribution in [0.3, 0.4) is 0 Å². The predicted octanol–water partition coefficient (Wildman–Crippen LogP) is 3.28. The topological polar surface area (TPSA) is 29.5 Å². The van der Waals surface area contributed by atoms with Gasteiger partial charge in [-0.25, -0.2) is 0 Å². The molecule has 19 heavy (non-hydrogen) atoms. The van der Waals surface area contributed by atoms with Crippen LogP contribution in [0.4, 0.5) is 0 Å². The van der Waals surface area contributed by atoms with E-state index in [9.17, 15) is 5.11 Å². The molecule has 2 nitrogen and oxygen atoms in total. The highest BCUT2D eigenvalue weighted by molar-refractivity contribution is 5.13. The summed E-state index contributed by atoms with van der Waals surface area (Å²) in [5.74, 6) is 2.82. The maximum absolute atomic E-state index is 11.5. The fourth-order valence-corrected chi connectivity index (χ4v) is 7.03. The third-order valence-corrected chi connectivity index (χ3v) is 7.35. The smallest absolute Gasteiger partial charge is 0.0753 e. The molecule has 2 aliphatic heterocycles. The van der Waals surface area contributed by atoms with E-state index in [-0.39, 0.29) is 11.0 Å². The zero-order chi connectivity index (χ0) is 12.7. The van der Waals surface area contributed by atoms with Crippen LogP contribution in [0.5, 0.6) is 0 Å². The van der Waals surface area contributed by atoms with Gasteiger partial charge in [0, 0.05) is 18.3 Å². The molecule has 6 rings (SSSR count). The van der Waals surface area contributed by atoms with E-state index < -0.39 is 0 Å². The lowest BCUT2D eigenvalue weighted by Gasteiger charge is -2.63. The Morgan fingerprint density at radius 2 is 1.21 bits per heavy atom. The van der Waals surface area contributed by atoms with Gasteiger partial charge in [0.05, 0.1) is 17.8 Å². The Hall–Kier alpha value is -0.0800. The lowest BCUT2D eigenvalue weighted by atomic mass is 9.44. The van der Waals surface area contributed by atoms with Crippen LogP contribution in [0.25, 0.3) is 0 Å². The summed E-state index contributed by atoms with van der Waals surface area (Å²) in [6.07, 6.45) is 13.4. The molecule has 2 heteroatoms. The minimum absolute atomic E-state index is 0.284. The molecule has 2 heterocycles. The lowest BCUT2D eigenvalue weighted by Crippen LogP contribution is -2.61. The van der Waals surface area contributed by atoms with Gasteiger partial charge < -0.3 is 9.84 Å². The predicted molar refractivity (Wildman–Crippen MR) is 72.7 cm³/mol. The maximum Gasteiger partial charge on any atom is 0.0753 e. The van der Waals surface area contributed by atoms with Gasteiger partial charge in [0.1, 0.15) is 0 Å². The molecule has 0 aromatic carbocycles. The highest BCUT2D eigenvalue weighted by Crippen LogP contribution is 2.66. The van der Waals surface area contributed by atoms with Crippen molar-refractivity contribution in [1.82, 2.24) is 0 Å². The summed E-state index contributed by atoms with van der Waals surface area (Å²) in [7, 11) is 0. The fourth-order valence-electron chi connectivity index (χ4n) is 7.03. The van der Waals surface area contributed by atoms with E-state index in [4.69, 9.17) is 4.74 Å². The first kappa shape index (κ1) is 11.6. The van der Waals surface area contributed by atoms with Gasteiger partial charge >= 0.3 is 0 Å². The molecule has 2 unspecified atom stereocenters. The Labute approximate surface area is 115 Å². The second-order valence-corrected chi connectivity index (χ2v) is 8.60. The minimum Gasteiger partial charge on any atom is -0.389 e. The molecule has 2 atom stereocenters.